The molecule has 0 fully saturated rings. The average molecular weight is 278 g/mol. The first kappa shape index (κ1) is 16.0. The van der Waals surface area contributed by atoms with Crippen molar-refractivity contribution in [2.45, 2.75) is 32.4 Å². The van der Waals surface area contributed by atoms with Crippen LogP contribution in [-0.4, -0.2) is 29.2 Å². The zero-order valence-electron chi connectivity index (χ0n) is 11.6. The van der Waals surface area contributed by atoms with Crippen molar-refractivity contribution in [2.24, 2.45) is 0 Å². The van der Waals surface area contributed by atoms with Gasteiger partial charge in [-0.1, -0.05) is 19.1 Å². The number of aliphatic hydroxyl groups is 1. The molecule has 2 N–H and O–H groups in total. The molecule has 0 spiro atoms. The number of nitrogens with zero attached hydrogens (tertiary/aromatic N) is 1. The molecule has 1 rings (SSSR count). The summed E-state index contributed by atoms with van der Waals surface area (Å²) >= 11 is 1.94. The summed E-state index contributed by atoms with van der Waals surface area (Å²) in [5.41, 5.74) is 1.47. The Kier molecular flexibility index (Phi) is 7.57. The van der Waals surface area contributed by atoms with Gasteiger partial charge >= 0.3 is 0 Å². The van der Waals surface area contributed by atoms with Gasteiger partial charge < -0.3 is 10.4 Å². The molecule has 1 aromatic carbocycles. The quantitative estimate of drug-likeness (QED) is 0.718. The van der Waals surface area contributed by atoms with Crippen LogP contribution in [0.4, 0.5) is 0 Å². The van der Waals surface area contributed by atoms with Crippen LogP contribution in [0.25, 0.3) is 0 Å². The second kappa shape index (κ2) is 8.98. The first-order valence-corrected chi connectivity index (χ1v) is 7.82. The molecule has 0 saturated heterocycles. The Labute approximate surface area is 120 Å². The SMILES string of the molecule is CCSCCC(C)NCC(O)c1ccc(C#N)cc1. The van der Waals surface area contributed by atoms with Crippen molar-refractivity contribution in [3.05, 3.63) is 35.4 Å². The Bertz CT molecular complexity index is 400. The van der Waals surface area contributed by atoms with Crippen LogP contribution in [0.3, 0.4) is 0 Å². The molecule has 0 aliphatic heterocycles. The second-order valence-corrected chi connectivity index (χ2v) is 5.94. The number of rotatable bonds is 8. The third kappa shape index (κ3) is 6.11. The molecule has 0 amide bonds. The number of nitriles is 1. The Hall–Kier alpha value is -1.02. The van der Waals surface area contributed by atoms with Crippen molar-refractivity contribution < 1.29 is 5.11 Å². The molecule has 3 nitrogen and oxygen atoms in total. The smallest absolute Gasteiger partial charge is 0.0991 e. The summed E-state index contributed by atoms with van der Waals surface area (Å²) in [7, 11) is 0. The summed E-state index contributed by atoms with van der Waals surface area (Å²) in [4.78, 5) is 0. The number of benzene rings is 1. The van der Waals surface area contributed by atoms with E-state index < -0.39 is 6.10 Å². The Morgan fingerprint density at radius 1 is 1.37 bits per heavy atom. The lowest BCUT2D eigenvalue weighted by Gasteiger charge is -2.17. The molecule has 2 atom stereocenters. The Morgan fingerprint density at radius 3 is 2.63 bits per heavy atom. The highest BCUT2D eigenvalue weighted by Crippen LogP contribution is 2.13. The Morgan fingerprint density at radius 2 is 2.05 bits per heavy atom. The topological polar surface area (TPSA) is 56.0 Å². The predicted octanol–water partition coefficient (Wildman–Crippen LogP) is 2.71. The molecule has 19 heavy (non-hydrogen) atoms. The van der Waals surface area contributed by atoms with Gasteiger partial charge in [-0.3, -0.25) is 0 Å². The van der Waals surface area contributed by atoms with E-state index in [9.17, 15) is 5.11 Å². The van der Waals surface area contributed by atoms with E-state index in [2.05, 4.69) is 25.2 Å². The molecule has 4 heteroatoms. The zero-order valence-corrected chi connectivity index (χ0v) is 12.4. The standard InChI is InChI=1S/C15H22N2OS/c1-3-19-9-8-12(2)17-11-15(18)14-6-4-13(10-16)5-7-14/h4-7,12,15,17-18H,3,8-9,11H2,1-2H3. The number of nitrogens with one attached hydrogen (secondary N) is 1. The van der Waals surface area contributed by atoms with Gasteiger partial charge in [0.25, 0.3) is 0 Å². The van der Waals surface area contributed by atoms with Crippen LogP contribution >= 0.6 is 11.8 Å². The van der Waals surface area contributed by atoms with E-state index in [1.54, 1.807) is 12.1 Å². The van der Waals surface area contributed by atoms with Gasteiger partial charge in [0.05, 0.1) is 17.7 Å². The largest absolute Gasteiger partial charge is 0.387 e. The molecule has 2 unspecified atom stereocenters. The van der Waals surface area contributed by atoms with Gasteiger partial charge in [-0.05, 0) is 42.5 Å². The molecule has 0 radical (unpaired) electrons. The van der Waals surface area contributed by atoms with Crippen molar-refractivity contribution >= 4 is 11.8 Å². The number of hydrogen-bond donors (Lipinski definition) is 2. The fourth-order valence-electron chi connectivity index (χ4n) is 1.72. The van der Waals surface area contributed by atoms with Crippen LogP contribution in [0, 0.1) is 11.3 Å². The molecule has 0 aliphatic carbocycles. The first-order chi connectivity index (χ1) is 9.17. The maximum Gasteiger partial charge on any atom is 0.0991 e. The van der Waals surface area contributed by atoms with Crippen molar-refractivity contribution in [3.63, 3.8) is 0 Å². The number of aliphatic hydroxyl groups excluding tert-OH is 1. The van der Waals surface area contributed by atoms with E-state index >= 15 is 0 Å². The monoisotopic (exact) mass is 278 g/mol. The van der Waals surface area contributed by atoms with E-state index in [0.717, 1.165) is 23.5 Å². The van der Waals surface area contributed by atoms with E-state index in [-0.39, 0.29) is 0 Å². The summed E-state index contributed by atoms with van der Waals surface area (Å²) in [6.07, 6.45) is 0.590. The maximum absolute atomic E-state index is 10.1. The van der Waals surface area contributed by atoms with Crippen LogP contribution < -0.4 is 5.32 Å². The fraction of sp³-hybridized carbons (Fsp3) is 0.533. The van der Waals surface area contributed by atoms with E-state index in [0.29, 0.717) is 18.2 Å². The van der Waals surface area contributed by atoms with Gasteiger partial charge in [-0.2, -0.15) is 17.0 Å². The first-order valence-electron chi connectivity index (χ1n) is 6.66. The summed E-state index contributed by atoms with van der Waals surface area (Å²) in [6, 6.07) is 9.57. The van der Waals surface area contributed by atoms with E-state index in [4.69, 9.17) is 5.26 Å². The van der Waals surface area contributed by atoms with Crippen molar-refractivity contribution in [1.82, 2.24) is 5.32 Å². The normalized spacial score (nSPS) is 13.8. The number of thioether (sulfide) groups is 1. The third-order valence-corrected chi connectivity index (χ3v) is 3.92. The maximum atomic E-state index is 10.1. The van der Waals surface area contributed by atoms with Gasteiger partial charge in [0.15, 0.2) is 0 Å². The van der Waals surface area contributed by atoms with E-state index in [1.165, 1.54) is 0 Å². The van der Waals surface area contributed by atoms with Gasteiger partial charge in [-0.25, -0.2) is 0 Å². The summed E-state index contributed by atoms with van der Waals surface area (Å²) < 4.78 is 0. The molecule has 0 bridgehead atoms. The highest BCUT2D eigenvalue weighted by molar-refractivity contribution is 7.99. The summed E-state index contributed by atoms with van der Waals surface area (Å²) in [5, 5.41) is 22.1. The molecule has 0 aromatic heterocycles. The van der Waals surface area contributed by atoms with Crippen LogP contribution in [-0.2, 0) is 0 Å². The molecular formula is C15H22N2OS. The Balaban J connectivity index is 2.33. The van der Waals surface area contributed by atoms with E-state index in [1.807, 2.05) is 23.9 Å². The van der Waals surface area contributed by atoms with Crippen molar-refractivity contribution in [2.75, 3.05) is 18.1 Å². The summed E-state index contributed by atoms with van der Waals surface area (Å²) in [5.74, 6) is 2.30. The molecule has 1 aromatic rings. The van der Waals surface area contributed by atoms with Crippen LogP contribution in [0.2, 0.25) is 0 Å². The second-order valence-electron chi connectivity index (χ2n) is 4.54. The minimum atomic E-state index is -0.519. The van der Waals surface area contributed by atoms with Crippen molar-refractivity contribution in [1.29, 1.82) is 5.26 Å². The molecular weight excluding hydrogens is 256 g/mol. The third-order valence-electron chi connectivity index (χ3n) is 2.98. The van der Waals surface area contributed by atoms with Gasteiger partial charge in [0, 0.05) is 12.6 Å². The average Bonchev–Trinajstić information content (AvgIpc) is 2.45. The molecule has 0 aliphatic rings. The van der Waals surface area contributed by atoms with Gasteiger partial charge in [-0.15, -0.1) is 0 Å². The van der Waals surface area contributed by atoms with Gasteiger partial charge in [0.1, 0.15) is 0 Å². The van der Waals surface area contributed by atoms with Crippen LogP contribution in [0.15, 0.2) is 24.3 Å². The fourth-order valence-corrected chi connectivity index (χ4v) is 2.53. The molecule has 104 valence electrons. The lowest BCUT2D eigenvalue weighted by atomic mass is 10.1. The summed E-state index contributed by atoms with van der Waals surface area (Å²) in [6.45, 7) is 4.85. The van der Waals surface area contributed by atoms with Gasteiger partial charge in [0.2, 0.25) is 0 Å². The van der Waals surface area contributed by atoms with Crippen LogP contribution in [0.1, 0.15) is 37.5 Å². The number of hydrogen-bond acceptors (Lipinski definition) is 4. The highest BCUT2D eigenvalue weighted by Gasteiger charge is 2.09. The highest BCUT2D eigenvalue weighted by atomic mass is 32.2. The molecule has 0 heterocycles. The van der Waals surface area contributed by atoms with Crippen LogP contribution in [0.5, 0.6) is 0 Å². The lowest BCUT2D eigenvalue weighted by molar-refractivity contribution is 0.170. The zero-order chi connectivity index (χ0) is 14.1. The minimum Gasteiger partial charge on any atom is -0.387 e. The minimum absolute atomic E-state index is 0.409. The molecule has 0 saturated carbocycles. The lowest BCUT2D eigenvalue weighted by Crippen LogP contribution is -2.30. The van der Waals surface area contributed by atoms with Crippen molar-refractivity contribution in [3.8, 4) is 6.07 Å². The predicted molar refractivity (Wildman–Crippen MR) is 81.2 cm³/mol.